The maximum absolute atomic E-state index is 11.6. The minimum atomic E-state index is -3.05. The first-order valence-electron chi connectivity index (χ1n) is 7.90. The molecule has 0 amide bonds. The van der Waals surface area contributed by atoms with E-state index in [1.54, 1.807) is 22.7 Å². The summed E-state index contributed by atoms with van der Waals surface area (Å²) in [6.07, 6.45) is 3.06. The Morgan fingerprint density at radius 1 is 1.46 bits per heavy atom. The number of thiophene rings is 1. The molecule has 24 heavy (non-hydrogen) atoms. The van der Waals surface area contributed by atoms with Crippen LogP contribution in [-0.2, 0) is 16.6 Å². The largest absolute Gasteiger partial charge is 0.356 e. The van der Waals surface area contributed by atoms with Crippen LogP contribution in [0.25, 0.3) is 0 Å². The van der Waals surface area contributed by atoms with E-state index in [9.17, 15) is 8.42 Å². The van der Waals surface area contributed by atoms with Gasteiger partial charge in [-0.25, -0.2) is 12.7 Å². The minimum Gasteiger partial charge on any atom is -0.356 e. The van der Waals surface area contributed by atoms with Gasteiger partial charge in [0.1, 0.15) is 0 Å². The maximum atomic E-state index is 11.6. The lowest BCUT2D eigenvalue weighted by Gasteiger charge is -2.31. The second kappa shape index (κ2) is 8.64. The molecule has 0 atom stereocenters. The Kier molecular flexibility index (Phi) is 7.09. The fourth-order valence-electron chi connectivity index (χ4n) is 2.81. The topological polar surface area (TPSA) is 65.0 Å². The summed E-state index contributed by atoms with van der Waals surface area (Å²) in [4.78, 5) is 7.72. The molecule has 1 aromatic heterocycles. The summed E-state index contributed by atoms with van der Waals surface area (Å²) in [5.74, 6) is 1.34. The second-order valence-electron chi connectivity index (χ2n) is 6.10. The van der Waals surface area contributed by atoms with Crippen molar-refractivity contribution in [1.82, 2.24) is 14.5 Å². The zero-order chi connectivity index (χ0) is 17.7. The number of piperidine rings is 1. The molecule has 0 saturated carbocycles. The summed E-state index contributed by atoms with van der Waals surface area (Å²) < 4.78 is 25.8. The van der Waals surface area contributed by atoms with Crippen LogP contribution in [0.5, 0.6) is 0 Å². The van der Waals surface area contributed by atoms with Gasteiger partial charge in [-0.05, 0) is 46.8 Å². The van der Waals surface area contributed by atoms with Crippen molar-refractivity contribution in [2.45, 2.75) is 19.4 Å². The smallest absolute Gasteiger partial charge is 0.211 e. The van der Waals surface area contributed by atoms with E-state index >= 15 is 0 Å². The highest BCUT2D eigenvalue weighted by Gasteiger charge is 2.25. The van der Waals surface area contributed by atoms with Crippen LogP contribution in [0.4, 0.5) is 0 Å². The molecule has 0 radical (unpaired) electrons. The van der Waals surface area contributed by atoms with Crippen LogP contribution in [0.3, 0.4) is 0 Å². The number of sulfonamides is 1. The Morgan fingerprint density at radius 2 is 2.12 bits per heavy atom. The summed E-state index contributed by atoms with van der Waals surface area (Å²) >= 11 is 5.21. The Labute approximate surface area is 157 Å². The van der Waals surface area contributed by atoms with Crippen molar-refractivity contribution >= 4 is 43.2 Å². The monoisotopic (exact) mass is 436 g/mol. The molecule has 0 aromatic carbocycles. The van der Waals surface area contributed by atoms with Crippen molar-refractivity contribution in [3.8, 4) is 0 Å². The van der Waals surface area contributed by atoms with E-state index in [0.29, 0.717) is 19.0 Å². The Morgan fingerprint density at radius 3 is 2.62 bits per heavy atom. The summed E-state index contributed by atoms with van der Waals surface area (Å²) in [7, 11) is 0.757. The standard InChI is InChI=1S/C15H25BrN4O2S2/c1-17-15(19(2)11-13-4-5-14(16)23-13)18-10-12-6-8-20(9-7-12)24(3,21)22/h4-5,12H,6-11H2,1-3H3,(H,17,18). The zero-order valence-corrected chi connectivity index (χ0v) is 17.5. The zero-order valence-electron chi connectivity index (χ0n) is 14.3. The fraction of sp³-hybridized carbons (Fsp3) is 0.667. The van der Waals surface area contributed by atoms with Crippen molar-refractivity contribution in [2.24, 2.45) is 10.9 Å². The predicted octanol–water partition coefficient (Wildman–Crippen LogP) is 2.19. The molecule has 6 nitrogen and oxygen atoms in total. The lowest BCUT2D eigenvalue weighted by Crippen LogP contribution is -2.44. The van der Waals surface area contributed by atoms with Crippen molar-refractivity contribution in [2.75, 3.05) is 40.0 Å². The molecule has 136 valence electrons. The molecule has 2 rings (SSSR count). The van der Waals surface area contributed by atoms with Gasteiger partial charge < -0.3 is 10.2 Å². The Balaban J connectivity index is 1.80. The second-order valence-corrected chi connectivity index (χ2v) is 10.6. The SMILES string of the molecule is CN=C(NCC1CCN(S(C)(=O)=O)CC1)N(C)Cc1ccc(Br)s1. The first-order chi connectivity index (χ1) is 11.3. The van der Waals surface area contributed by atoms with Crippen molar-refractivity contribution in [1.29, 1.82) is 0 Å². The van der Waals surface area contributed by atoms with E-state index in [-0.39, 0.29) is 0 Å². The number of hydrogen-bond donors (Lipinski definition) is 1. The molecule has 1 fully saturated rings. The van der Waals surface area contributed by atoms with Gasteiger partial charge in [-0.1, -0.05) is 0 Å². The van der Waals surface area contributed by atoms with Gasteiger partial charge in [0.2, 0.25) is 10.0 Å². The molecule has 9 heteroatoms. The summed E-state index contributed by atoms with van der Waals surface area (Å²) in [6, 6.07) is 4.17. The van der Waals surface area contributed by atoms with Gasteiger partial charge in [-0.3, -0.25) is 4.99 Å². The highest BCUT2D eigenvalue weighted by atomic mass is 79.9. The molecule has 1 aliphatic heterocycles. The van der Waals surface area contributed by atoms with Crippen LogP contribution in [0.2, 0.25) is 0 Å². The third-order valence-electron chi connectivity index (χ3n) is 4.19. The van der Waals surface area contributed by atoms with Gasteiger partial charge in [0.05, 0.1) is 16.6 Å². The quantitative estimate of drug-likeness (QED) is 0.567. The molecule has 0 aliphatic carbocycles. The average Bonchev–Trinajstić information content (AvgIpc) is 2.92. The molecule has 2 heterocycles. The molecular formula is C15H25BrN4O2S2. The molecule has 0 bridgehead atoms. The number of nitrogens with one attached hydrogen (secondary N) is 1. The van der Waals surface area contributed by atoms with Crippen LogP contribution in [0.15, 0.2) is 20.9 Å². The van der Waals surface area contributed by atoms with Crippen LogP contribution in [0.1, 0.15) is 17.7 Å². The van der Waals surface area contributed by atoms with Crippen molar-refractivity contribution < 1.29 is 8.42 Å². The van der Waals surface area contributed by atoms with Crippen molar-refractivity contribution in [3.63, 3.8) is 0 Å². The molecule has 1 N–H and O–H groups in total. The molecular weight excluding hydrogens is 412 g/mol. The number of aliphatic imine (C=N–C) groups is 1. The van der Waals surface area contributed by atoms with E-state index in [2.05, 4.69) is 43.3 Å². The van der Waals surface area contributed by atoms with Crippen LogP contribution >= 0.6 is 27.3 Å². The molecule has 1 saturated heterocycles. The van der Waals surface area contributed by atoms with Crippen LogP contribution in [-0.4, -0.2) is 63.6 Å². The number of guanidine groups is 1. The molecule has 0 spiro atoms. The summed E-state index contributed by atoms with van der Waals surface area (Å²) in [5.41, 5.74) is 0. The maximum Gasteiger partial charge on any atom is 0.211 e. The fourth-order valence-corrected chi connectivity index (χ4v) is 5.22. The highest BCUT2D eigenvalue weighted by Crippen LogP contribution is 2.23. The number of hydrogen-bond acceptors (Lipinski definition) is 4. The number of rotatable bonds is 5. The number of halogens is 1. The minimum absolute atomic E-state index is 0.476. The normalized spacial score (nSPS) is 17.9. The Hall–Kier alpha value is -0.640. The molecule has 1 aromatic rings. The van der Waals surface area contributed by atoms with Crippen LogP contribution in [0, 0.1) is 5.92 Å². The van der Waals surface area contributed by atoms with Gasteiger partial charge in [0, 0.05) is 38.6 Å². The van der Waals surface area contributed by atoms with E-state index in [4.69, 9.17) is 0 Å². The van der Waals surface area contributed by atoms with Gasteiger partial charge in [0.25, 0.3) is 0 Å². The molecule has 0 unspecified atom stereocenters. The first kappa shape index (κ1) is 19.7. The van der Waals surface area contributed by atoms with Crippen LogP contribution < -0.4 is 5.32 Å². The van der Waals surface area contributed by atoms with E-state index in [1.165, 1.54) is 11.1 Å². The predicted molar refractivity (Wildman–Crippen MR) is 104 cm³/mol. The third-order valence-corrected chi connectivity index (χ3v) is 7.10. The van der Waals surface area contributed by atoms with Gasteiger partial charge >= 0.3 is 0 Å². The molecule has 1 aliphatic rings. The van der Waals surface area contributed by atoms with E-state index < -0.39 is 10.0 Å². The lowest BCUT2D eigenvalue weighted by atomic mass is 9.98. The average molecular weight is 437 g/mol. The summed E-state index contributed by atoms with van der Waals surface area (Å²) in [5, 5.41) is 3.42. The summed E-state index contributed by atoms with van der Waals surface area (Å²) in [6.45, 7) is 2.86. The third kappa shape index (κ3) is 5.72. The van der Waals surface area contributed by atoms with E-state index in [0.717, 1.165) is 35.7 Å². The van der Waals surface area contributed by atoms with Gasteiger partial charge in [0.15, 0.2) is 5.96 Å². The van der Waals surface area contributed by atoms with E-state index in [1.807, 2.05) is 7.05 Å². The first-order valence-corrected chi connectivity index (χ1v) is 11.4. The van der Waals surface area contributed by atoms with Gasteiger partial charge in [-0.2, -0.15) is 0 Å². The number of nitrogens with zero attached hydrogens (tertiary/aromatic N) is 3. The highest BCUT2D eigenvalue weighted by molar-refractivity contribution is 9.11. The lowest BCUT2D eigenvalue weighted by molar-refractivity contribution is 0.273. The van der Waals surface area contributed by atoms with Crippen molar-refractivity contribution in [3.05, 3.63) is 20.8 Å². The van der Waals surface area contributed by atoms with Gasteiger partial charge in [-0.15, -0.1) is 11.3 Å². The Bertz CT molecular complexity index is 667.